The standard InChI is InChI=1S/C22H24ClFN6/c1-12-10-30(11-13(2)28-12)16-6-17-18(23)7-20(29-22(17)27-9-16)14-4-15(8-26-3)21(25)19(24)5-14/h4-9,12-13,28H,10-11,25H2,1-3H3. The van der Waals surface area contributed by atoms with Crippen molar-refractivity contribution in [3.63, 3.8) is 0 Å². The minimum atomic E-state index is -0.523. The molecule has 6 nitrogen and oxygen atoms in total. The maximum Gasteiger partial charge on any atom is 0.161 e. The number of rotatable bonds is 3. The van der Waals surface area contributed by atoms with E-state index in [1.165, 1.54) is 12.3 Å². The third kappa shape index (κ3) is 3.95. The van der Waals surface area contributed by atoms with E-state index >= 15 is 0 Å². The molecule has 0 bridgehead atoms. The van der Waals surface area contributed by atoms with E-state index in [-0.39, 0.29) is 5.69 Å². The molecule has 0 radical (unpaired) electrons. The number of pyridine rings is 2. The molecule has 2 aromatic heterocycles. The SMILES string of the molecule is CN=Cc1cc(-c2cc(Cl)c3cc(N4CC(C)NC(C)C4)cnc3n2)cc(F)c1N. The molecular weight excluding hydrogens is 403 g/mol. The molecule has 8 heteroatoms. The summed E-state index contributed by atoms with van der Waals surface area (Å²) < 4.78 is 14.3. The quantitative estimate of drug-likeness (QED) is 0.490. The van der Waals surface area contributed by atoms with E-state index in [9.17, 15) is 4.39 Å². The molecule has 1 aliphatic rings. The summed E-state index contributed by atoms with van der Waals surface area (Å²) in [5, 5.41) is 4.81. The lowest BCUT2D eigenvalue weighted by molar-refractivity contribution is 0.407. The highest BCUT2D eigenvalue weighted by atomic mass is 35.5. The summed E-state index contributed by atoms with van der Waals surface area (Å²) in [6, 6.07) is 7.63. The minimum absolute atomic E-state index is 0.0541. The third-order valence-electron chi connectivity index (χ3n) is 5.25. The summed E-state index contributed by atoms with van der Waals surface area (Å²) in [7, 11) is 1.61. The van der Waals surface area contributed by atoms with Crippen LogP contribution in [0, 0.1) is 5.82 Å². The van der Waals surface area contributed by atoms with Gasteiger partial charge in [-0.15, -0.1) is 0 Å². The van der Waals surface area contributed by atoms with Gasteiger partial charge in [0.05, 0.1) is 28.3 Å². The second-order valence-electron chi connectivity index (χ2n) is 7.78. The van der Waals surface area contributed by atoms with Gasteiger partial charge in [0.25, 0.3) is 0 Å². The van der Waals surface area contributed by atoms with Crippen molar-refractivity contribution in [1.29, 1.82) is 0 Å². The van der Waals surface area contributed by atoms with E-state index in [4.69, 9.17) is 17.3 Å². The number of piperazine rings is 1. The monoisotopic (exact) mass is 426 g/mol. The molecule has 1 saturated heterocycles. The van der Waals surface area contributed by atoms with Crippen molar-refractivity contribution in [2.24, 2.45) is 4.99 Å². The number of nitrogens with one attached hydrogen (secondary N) is 1. The molecule has 2 atom stereocenters. The lowest BCUT2D eigenvalue weighted by Crippen LogP contribution is -2.54. The Labute approximate surface area is 180 Å². The molecule has 0 spiro atoms. The number of halogens is 2. The van der Waals surface area contributed by atoms with Crippen LogP contribution >= 0.6 is 11.6 Å². The third-order valence-corrected chi connectivity index (χ3v) is 5.56. The van der Waals surface area contributed by atoms with Gasteiger partial charge in [-0.3, -0.25) is 4.99 Å². The maximum atomic E-state index is 14.3. The molecular formula is C22H24ClFN6. The topological polar surface area (TPSA) is 79.4 Å². The summed E-state index contributed by atoms with van der Waals surface area (Å²) >= 11 is 6.60. The van der Waals surface area contributed by atoms with Crippen LogP contribution < -0.4 is 16.0 Å². The average molecular weight is 427 g/mol. The van der Waals surface area contributed by atoms with Gasteiger partial charge in [0.1, 0.15) is 5.82 Å². The van der Waals surface area contributed by atoms with Crippen LogP contribution in [-0.4, -0.2) is 48.4 Å². The van der Waals surface area contributed by atoms with E-state index in [2.05, 4.69) is 39.0 Å². The number of nitrogen functional groups attached to an aromatic ring is 1. The molecule has 3 aromatic rings. The Kier molecular flexibility index (Phi) is 5.58. The first-order chi connectivity index (χ1) is 14.4. The molecule has 4 rings (SSSR count). The first-order valence-corrected chi connectivity index (χ1v) is 10.2. The predicted octanol–water partition coefficient (Wildman–Crippen LogP) is 3.91. The van der Waals surface area contributed by atoms with Gasteiger partial charge in [-0.05, 0) is 38.1 Å². The fraction of sp³-hybridized carbons (Fsp3) is 0.318. The van der Waals surface area contributed by atoms with Gasteiger partial charge in [0.2, 0.25) is 0 Å². The van der Waals surface area contributed by atoms with Crippen LogP contribution in [0.5, 0.6) is 0 Å². The van der Waals surface area contributed by atoms with Crippen LogP contribution in [0.2, 0.25) is 5.02 Å². The Morgan fingerprint density at radius 2 is 1.97 bits per heavy atom. The van der Waals surface area contributed by atoms with Crippen molar-refractivity contribution in [2.45, 2.75) is 25.9 Å². The van der Waals surface area contributed by atoms with E-state index < -0.39 is 5.82 Å². The van der Waals surface area contributed by atoms with Gasteiger partial charge >= 0.3 is 0 Å². The number of nitrogens with zero attached hydrogens (tertiary/aromatic N) is 4. The van der Waals surface area contributed by atoms with Gasteiger partial charge < -0.3 is 16.0 Å². The average Bonchev–Trinajstić information content (AvgIpc) is 2.70. The van der Waals surface area contributed by atoms with Crippen molar-refractivity contribution in [3.8, 4) is 11.3 Å². The zero-order chi connectivity index (χ0) is 21.4. The van der Waals surface area contributed by atoms with Crippen LogP contribution in [-0.2, 0) is 0 Å². The molecule has 1 fully saturated rings. The number of aromatic nitrogens is 2. The molecule has 0 aliphatic carbocycles. The normalized spacial score (nSPS) is 19.7. The maximum absolute atomic E-state index is 14.3. The number of fused-ring (bicyclic) bond motifs is 1. The Bertz CT molecular complexity index is 1120. The van der Waals surface area contributed by atoms with E-state index in [1.807, 2.05) is 12.3 Å². The second kappa shape index (κ2) is 8.16. The fourth-order valence-corrected chi connectivity index (χ4v) is 4.19. The fourth-order valence-electron chi connectivity index (χ4n) is 3.95. The van der Waals surface area contributed by atoms with Crippen LogP contribution in [0.25, 0.3) is 22.3 Å². The lowest BCUT2D eigenvalue weighted by atomic mass is 10.0. The number of nitrogens with two attached hydrogens (primary N) is 1. The van der Waals surface area contributed by atoms with Gasteiger partial charge in [0.15, 0.2) is 5.65 Å². The number of hydrogen-bond acceptors (Lipinski definition) is 6. The number of anilines is 2. The second-order valence-corrected chi connectivity index (χ2v) is 8.18. The molecule has 3 heterocycles. The summed E-state index contributed by atoms with van der Waals surface area (Å²) in [5.41, 5.74) is 8.98. The molecule has 1 aliphatic heterocycles. The van der Waals surface area contributed by atoms with Crippen molar-refractivity contribution in [1.82, 2.24) is 15.3 Å². The van der Waals surface area contributed by atoms with Gasteiger partial charge in [-0.2, -0.15) is 0 Å². The number of aliphatic imine (C=N–C) groups is 1. The lowest BCUT2D eigenvalue weighted by Gasteiger charge is -2.37. The molecule has 156 valence electrons. The Balaban J connectivity index is 1.75. The molecule has 0 amide bonds. The molecule has 30 heavy (non-hydrogen) atoms. The van der Waals surface area contributed by atoms with Gasteiger partial charge in [-0.1, -0.05) is 11.6 Å². The molecule has 1 aromatic carbocycles. The summed E-state index contributed by atoms with van der Waals surface area (Å²) in [5.74, 6) is -0.523. The van der Waals surface area contributed by atoms with Crippen molar-refractivity contribution in [2.75, 3.05) is 30.8 Å². The van der Waals surface area contributed by atoms with E-state index in [0.717, 1.165) is 24.2 Å². The van der Waals surface area contributed by atoms with Crippen molar-refractivity contribution >= 4 is 40.2 Å². The summed E-state index contributed by atoms with van der Waals surface area (Å²) in [4.78, 5) is 15.4. The highest BCUT2D eigenvalue weighted by Gasteiger charge is 2.22. The van der Waals surface area contributed by atoms with Crippen molar-refractivity contribution in [3.05, 3.63) is 46.9 Å². The highest BCUT2D eigenvalue weighted by molar-refractivity contribution is 6.35. The van der Waals surface area contributed by atoms with E-state index in [1.54, 1.807) is 19.2 Å². The molecule has 2 unspecified atom stereocenters. The predicted molar refractivity (Wildman–Crippen MR) is 122 cm³/mol. The van der Waals surface area contributed by atoms with Crippen LogP contribution in [0.3, 0.4) is 0 Å². The first kappa shape index (κ1) is 20.5. The van der Waals surface area contributed by atoms with Crippen LogP contribution in [0.1, 0.15) is 19.4 Å². The van der Waals surface area contributed by atoms with Crippen LogP contribution in [0.15, 0.2) is 35.5 Å². The molecule has 0 saturated carbocycles. The van der Waals surface area contributed by atoms with Crippen molar-refractivity contribution < 1.29 is 4.39 Å². The molecule has 3 N–H and O–H groups in total. The van der Waals surface area contributed by atoms with Gasteiger partial charge in [-0.25, -0.2) is 14.4 Å². The zero-order valence-electron chi connectivity index (χ0n) is 17.2. The Morgan fingerprint density at radius 1 is 1.23 bits per heavy atom. The highest BCUT2D eigenvalue weighted by Crippen LogP contribution is 2.32. The van der Waals surface area contributed by atoms with E-state index in [0.29, 0.717) is 39.6 Å². The largest absolute Gasteiger partial charge is 0.396 e. The number of benzene rings is 1. The summed E-state index contributed by atoms with van der Waals surface area (Å²) in [6.45, 7) is 6.13. The zero-order valence-corrected chi connectivity index (χ0v) is 17.9. The first-order valence-electron chi connectivity index (χ1n) is 9.84. The van der Waals surface area contributed by atoms with Gasteiger partial charge in [0, 0.05) is 54.9 Å². The summed E-state index contributed by atoms with van der Waals surface area (Å²) in [6.07, 6.45) is 3.34. The Morgan fingerprint density at radius 3 is 2.67 bits per heavy atom. The minimum Gasteiger partial charge on any atom is -0.396 e. The number of hydrogen-bond donors (Lipinski definition) is 2. The smallest absolute Gasteiger partial charge is 0.161 e. The Hall–Kier alpha value is -2.77. The van der Waals surface area contributed by atoms with Crippen LogP contribution in [0.4, 0.5) is 15.8 Å².